The lowest BCUT2D eigenvalue weighted by atomic mass is 10.0. The maximum absolute atomic E-state index is 11.7. The number of anilines is 1. The Morgan fingerprint density at radius 1 is 1.41 bits per heavy atom. The average molecular weight is 239 g/mol. The summed E-state index contributed by atoms with van der Waals surface area (Å²) < 4.78 is 6.41. The van der Waals surface area contributed by atoms with E-state index in [0.717, 1.165) is 5.56 Å². The molecule has 0 saturated carbocycles. The number of nitrogens with zero attached hydrogens (tertiary/aromatic N) is 2. The molecule has 96 valence electrons. The zero-order valence-electron chi connectivity index (χ0n) is 11.4. The molecule has 1 aromatic rings. The fraction of sp³-hybridized carbons (Fsp3) is 0.667. The Kier molecular flexibility index (Phi) is 3.50. The molecular weight excluding hydrogens is 218 g/mol. The first-order chi connectivity index (χ1) is 7.70. The van der Waals surface area contributed by atoms with Gasteiger partial charge in [0, 0.05) is 5.56 Å². The van der Waals surface area contributed by atoms with Crippen molar-refractivity contribution in [2.45, 2.75) is 46.1 Å². The summed E-state index contributed by atoms with van der Waals surface area (Å²) in [6.45, 7) is 9.92. The van der Waals surface area contributed by atoms with Crippen LogP contribution in [0, 0.1) is 0 Å². The van der Waals surface area contributed by atoms with Crippen LogP contribution in [-0.4, -0.2) is 22.9 Å². The second-order valence-electron chi connectivity index (χ2n) is 5.38. The highest BCUT2D eigenvalue weighted by atomic mass is 16.5. The third kappa shape index (κ3) is 2.43. The number of carbonyl (C=O) groups excluding carboxylic acids is 1. The molecule has 1 heterocycles. The predicted molar refractivity (Wildman–Crippen MR) is 67.1 cm³/mol. The van der Waals surface area contributed by atoms with Crippen LogP contribution in [-0.2, 0) is 10.3 Å². The zero-order chi connectivity index (χ0) is 13.4. The fourth-order valence-electron chi connectivity index (χ4n) is 1.77. The summed E-state index contributed by atoms with van der Waals surface area (Å²) in [6.07, 6.45) is 0. The monoisotopic (exact) mass is 239 g/mol. The maximum atomic E-state index is 11.7. The highest BCUT2D eigenvalue weighted by Crippen LogP contribution is 2.30. The summed E-state index contributed by atoms with van der Waals surface area (Å²) in [7, 11) is 1.35. The van der Waals surface area contributed by atoms with E-state index in [1.165, 1.54) is 7.11 Å². The summed E-state index contributed by atoms with van der Waals surface area (Å²) in [5, 5.41) is 4.29. The molecule has 0 unspecified atom stereocenters. The first kappa shape index (κ1) is 13.5. The van der Waals surface area contributed by atoms with Gasteiger partial charge in [0.1, 0.15) is 5.82 Å². The number of aromatic nitrogens is 2. The summed E-state index contributed by atoms with van der Waals surface area (Å²) in [5.74, 6) is 0.219. The Balaban J connectivity index is 3.46. The van der Waals surface area contributed by atoms with E-state index in [0.29, 0.717) is 11.5 Å². The summed E-state index contributed by atoms with van der Waals surface area (Å²) >= 11 is 0. The Morgan fingerprint density at radius 2 is 1.94 bits per heavy atom. The number of hydrogen-bond donors (Lipinski definition) is 1. The number of nitrogens with two attached hydrogens (primary N) is 1. The van der Waals surface area contributed by atoms with Crippen molar-refractivity contribution < 1.29 is 9.53 Å². The second-order valence-corrected chi connectivity index (χ2v) is 5.38. The van der Waals surface area contributed by atoms with Crippen LogP contribution in [0.1, 0.15) is 56.6 Å². The number of methoxy groups -OCH3 is 1. The molecule has 0 spiro atoms. The second kappa shape index (κ2) is 4.39. The molecule has 0 fully saturated rings. The van der Waals surface area contributed by atoms with E-state index in [-0.39, 0.29) is 11.5 Å². The van der Waals surface area contributed by atoms with Gasteiger partial charge >= 0.3 is 5.97 Å². The molecule has 17 heavy (non-hydrogen) atoms. The molecule has 0 aromatic carbocycles. The van der Waals surface area contributed by atoms with Crippen LogP contribution in [0.2, 0.25) is 0 Å². The first-order valence-electron chi connectivity index (χ1n) is 5.67. The van der Waals surface area contributed by atoms with Crippen molar-refractivity contribution in [3.05, 3.63) is 11.3 Å². The van der Waals surface area contributed by atoms with E-state index in [9.17, 15) is 4.79 Å². The lowest BCUT2D eigenvalue weighted by Gasteiger charge is -2.21. The predicted octanol–water partition coefficient (Wildman–Crippen LogP) is 2.13. The molecule has 5 nitrogen and oxygen atoms in total. The van der Waals surface area contributed by atoms with Crippen LogP contribution >= 0.6 is 0 Å². The van der Waals surface area contributed by atoms with Crippen LogP contribution in [0.4, 0.5) is 5.82 Å². The zero-order valence-corrected chi connectivity index (χ0v) is 11.4. The summed E-state index contributed by atoms with van der Waals surface area (Å²) in [6, 6.07) is 0. The first-order valence-corrected chi connectivity index (χ1v) is 5.67. The van der Waals surface area contributed by atoms with Crippen molar-refractivity contribution in [2.75, 3.05) is 12.8 Å². The van der Waals surface area contributed by atoms with Gasteiger partial charge < -0.3 is 10.5 Å². The molecule has 5 heteroatoms. The standard InChI is InChI=1S/C12H21N3O2/c1-7(2)8-9(11(16)17-6)14-15(10(8)13)12(3,4)5/h7H,13H2,1-6H3. The van der Waals surface area contributed by atoms with E-state index >= 15 is 0 Å². The smallest absolute Gasteiger partial charge is 0.358 e. The minimum absolute atomic E-state index is 0.125. The molecule has 0 saturated heterocycles. The van der Waals surface area contributed by atoms with Gasteiger partial charge in [-0.3, -0.25) is 0 Å². The van der Waals surface area contributed by atoms with E-state index in [4.69, 9.17) is 10.5 Å². The normalized spacial score (nSPS) is 11.9. The van der Waals surface area contributed by atoms with E-state index in [1.807, 2.05) is 34.6 Å². The molecule has 0 amide bonds. The van der Waals surface area contributed by atoms with Crippen molar-refractivity contribution in [1.82, 2.24) is 9.78 Å². The Labute approximate surface area is 102 Å². The van der Waals surface area contributed by atoms with Crippen LogP contribution in [0.5, 0.6) is 0 Å². The number of rotatable bonds is 2. The van der Waals surface area contributed by atoms with Crippen molar-refractivity contribution in [2.24, 2.45) is 0 Å². The molecule has 2 N–H and O–H groups in total. The summed E-state index contributed by atoms with van der Waals surface area (Å²) in [5.41, 5.74) is 6.88. The van der Waals surface area contributed by atoms with Crippen molar-refractivity contribution in [3.63, 3.8) is 0 Å². The van der Waals surface area contributed by atoms with E-state index < -0.39 is 5.97 Å². The van der Waals surface area contributed by atoms with Crippen molar-refractivity contribution in [3.8, 4) is 0 Å². The Hall–Kier alpha value is -1.52. The molecule has 0 radical (unpaired) electrons. The lowest BCUT2D eigenvalue weighted by Crippen LogP contribution is -2.25. The van der Waals surface area contributed by atoms with E-state index in [2.05, 4.69) is 5.10 Å². The molecule has 0 bridgehead atoms. The number of carbonyl (C=O) groups is 1. The number of esters is 1. The quantitative estimate of drug-likeness (QED) is 0.803. The van der Waals surface area contributed by atoms with Gasteiger partial charge in [0.2, 0.25) is 0 Å². The Morgan fingerprint density at radius 3 is 2.29 bits per heavy atom. The molecule has 1 rings (SSSR count). The van der Waals surface area contributed by atoms with Crippen molar-refractivity contribution in [1.29, 1.82) is 0 Å². The van der Waals surface area contributed by atoms with Gasteiger partial charge in [-0.05, 0) is 26.7 Å². The number of hydrogen-bond acceptors (Lipinski definition) is 4. The SMILES string of the molecule is COC(=O)c1nn(C(C)(C)C)c(N)c1C(C)C. The molecule has 1 aromatic heterocycles. The van der Waals surface area contributed by atoms with Gasteiger partial charge in [-0.1, -0.05) is 13.8 Å². The average Bonchev–Trinajstić information content (AvgIpc) is 2.54. The van der Waals surface area contributed by atoms with Crippen LogP contribution in [0.15, 0.2) is 0 Å². The van der Waals surface area contributed by atoms with E-state index in [1.54, 1.807) is 4.68 Å². The van der Waals surface area contributed by atoms with Gasteiger partial charge in [0.05, 0.1) is 12.6 Å². The molecule has 0 atom stereocenters. The highest BCUT2D eigenvalue weighted by molar-refractivity contribution is 5.90. The third-order valence-corrected chi connectivity index (χ3v) is 2.55. The van der Waals surface area contributed by atoms with Gasteiger partial charge in [0.15, 0.2) is 5.69 Å². The molecule has 0 aliphatic carbocycles. The van der Waals surface area contributed by atoms with Crippen molar-refractivity contribution >= 4 is 11.8 Å². The van der Waals surface area contributed by atoms with Gasteiger partial charge in [-0.15, -0.1) is 0 Å². The highest BCUT2D eigenvalue weighted by Gasteiger charge is 2.28. The number of nitrogen functional groups attached to an aromatic ring is 1. The van der Waals surface area contributed by atoms with Gasteiger partial charge in [0.25, 0.3) is 0 Å². The fourth-order valence-corrected chi connectivity index (χ4v) is 1.77. The molecule has 0 aliphatic rings. The van der Waals surface area contributed by atoms with Crippen LogP contribution in [0.3, 0.4) is 0 Å². The van der Waals surface area contributed by atoms with Gasteiger partial charge in [-0.2, -0.15) is 5.10 Å². The summed E-state index contributed by atoms with van der Waals surface area (Å²) in [4.78, 5) is 11.7. The van der Waals surface area contributed by atoms with Crippen LogP contribution < -0.4 is 5.73 Å². The third-order valence-electron chi connectivity index (χ3n) is 2.55. The lowest BCUT2D eigenvalue weighted by molar-refractivity contribution is 0.0590. The van der Waals surface area contributed by atoms with Crippen LogP contribution in [0.25, 0.3) is 0 Å². The maximum Gasteiger partial charge on any atom is 0.358 e. The van der Waals surface area contributed by atoms with Gasteiger partial charge in [-0.25, -0.2) is 9.48 Å². The minimum Gasteiger partial charge on any atom is -0.464 e. The number of ether oxygens (including phenoxy) is 1. The molecular formula is C12H21N3O2. The minimum atomic E-state index is -0.441. The Bertz CT molecular complexity index is 428. The topological polar surface area (TPSA) is 70.1 Å². The largest absolute Gasteiger partial charge is 0.464 e. The molecule has 0 aliphatic heterocycles.